The largest absolute Gasteiger partial charge is 0.469 e. The summed E-state index contributed by atoms with van der Waals surface area (Å²) in [6, 6.07) is 2.04. The van der Waals surface area contributed by atoms with Crippen LogP contribution in [0, 0.1) is 6.92 Å². The number of aryl methyl sites for hydroxylation is 1. The van der Waals surface area contributed by atoms with Gasteiger partial charge in [0.05, 0.1) is 13.5 Å². The number of methoxy groups -OCH3 is 1. The molecular formula is C11H13N3O2S2. The number of thioether (sulfide) groups is 1. The van der Waals surface area contributed by atoms with E-state index in [2.05, 4.69) is 14.7 Å². The maximum Gasteiger partial charge on any atom is 0.306 e. The highest BCUT2D eigenvalue weighted by Gasteiger charge is 2.10. The van der Waals surface area contributed by atoms with Gasteiger partial charge in [-0.3, -0.25) is 4.79 Å². The van der Waals surface area contributed by atoms with Crippen molar-refractivity contribution in [2.45, 2.75) is 18.4 Å². The van der Waals surface area contributed by atoms with Crippen LogP contribution in [0.5, 0.6) is 0 Å². The Morgan fingerprint density at radius 1 is 1.56 bits per heavy atom. The Balaban J connectivity index is 2.19. The third kappa shape index (κ3) is 2.91. The van der Waals surface area contributed by atoms with E-state index in [-0.39, 0.29) is 11.9 Å². The van der Waals surface area contributed by atoms with Crippen molar-refractivity contribution in [2.75, 3.05) is 18.6 Å². The summed E-state index contributed by atoms with van der Waals surface area (Å²) >= 11 is 3.08. The number of nitrogen functional groups attached to an aromatic ring is 1. The average molecular weight is 283 g/mol. The second-order valence-electron chi connectivity index (χ2n) is 3.64. The van der Waals surface area contributed by atoms with Gasteiger partial charge in [0, 0.05) is 16.0 Å². The van der Waals surface area contributed by atoms with E-state index in [9.17, 15) is 4.79 Å². The van der Waals surface area contributed by atoms with E-state index in [0.29, 0.717) is 12.2 Å². The Bertz CT molecular complexity index is 583. The number of hydrogen-bond donors (Lipinski definition) is 1. The number of esters is 1. The maximum absolute atomic E-state index is 11.0. The molecule has 0 amide bonds. The van der Waals surface area contributed by atoms with Crippen molar-refractivity contribution in [2.24, 2.45) is 0 Å². The highest BCUT2D eigenvalue weighted by atomic mass is 32.2. The zero-order valence-corrected chi connectivity index (χ0v) is 11.7. The van der Waals surface area contributed by atoms with Crippen molar-refractivity contribution in [3.05, 3.63) is 10.9 Å². The van der Waals surface area contributed by atoms with Crippen LogP contribution in [0.2, 0.25) is 0 Å². The molecule has 18 heavy (non-hydrogen) atoms. The first kappa shape index (κ1) is 13.1. The molecule has 0 fully saturated rings. The first-order valence-corrected chi connectivity index (χ1v) is 7.13. The van der Waals surface area contributed by atoms with Crippen LogP contribution in [0.15, 0.2) is 11.1 Å². The van der Waals surface area contributed by atoms with E-state index in [0.717, 1.165) is 15.2 Å². The lowest BCUT2D eigenvalue weighted by atomic mass is 10.4. The number of fused-ring (bicyclic) bond motifs is 1. The molecule has 2 N–H and O–H groups in total. The number of anilines is 1. The molecule has 5 nitrogen and oxygen atoms in total. The molecular weight excluding hydrogens is 270 g/mol. The van der Waals surface area contributed by atoms with Crippen LogP contribution >= 0.6 is 23.1 Å². The number of carbonyl (C=O) groups is 1. The van der Waals surface area contributed by atoms with Crippen LogP contribution in [0.1, 0.15) is 11.3 Å². The fraction of sp³-hybridized carbons (Fsp3) is 0.364. The number of nitrogens with two attached hydrogens (primary N) is 1. The molecule has 96 valence electrons. The van der Waals surface area contributed by atoms with Gasteiger partial charge in [0.2, 0.25) is 5.95 Å². The Morgan fingerprint density at radius 2 is 2.33 bits per heavy atom. The summed E-state index contributed by atoms with van der Waals surface area (Å²) in [5, 5.41) is 1.83. The predicted octanol–water partition coefficient (Wildman–Crippen LogP) is 2.24. The quantitative estimate of drug-likeness (QED) is 0.526. The van der Waals surface area contributed by atoms with Gasteiger partial charge >= 0.3 is 5.97 Å². The summed E-state index contributed by atoms with van der Waals surface area (Å²) in [6.45, 7) is 2.02. The van der Waals surface area contributed by atoms with Crippen LogP contribution in [0.25, 0.3) is 10.2 Å². The zero-order valence-electron chi connectivity index (χ0n) is 10.1. The smallest absolute Gasteiger partial charge is 0.306 e. The fourth-order valence-corrected chi connectivity index (χ4v) is 3.36. The molecule has 0 bridgehead atoms. The van der Waals surface area contributed by atoms with Crippen LogP contribution in [0.3, 0.4) is 0 Å². The van der Waals surface area contributed by atoms with Crippen molar-refractivity contribution in [1.29, 1.82) is 0 Å². The van der Waals surface area contributed by atoms with Gasteiger partial charge in [-0.2, -0.15) is 0 Å². The monoisotopic (exact) mass is 283 g/mol. The lowest BCUT2D eigenvalue weighted by Crippen LogP contribution is -2.02. The topological polar surface area (TPSA) is 78.1 Å². The normalized spacial score (nSPS) is 10.8. The highest BCUT2D eigenvalue weighted by Crippen LogP contribution is 2.31. The molecule has 0 radical (unpaired) electrons. The van der Waals surface area contributed by atoms with Gasteiger partial charge in [-0.25, -0.2) is 9.97 Å². The summed E-state index contributed by atoms with van der Waals surface area (Å²) < 4.78 is 4.60. The summed E-state index contributed by atoms with van der Waals surface area (Å²) in [5.41, 5.74) is 5.67. The maximum atomic E-state index is 11.0. The number of carbonyl (C=O) groups excluding carboxylic acids is 1. The Hall–Kier alpha value is -1.34. The second-order valence-corrected chi connectivity index (χ2v) is 5.96. The number of hydrogen-bond acceptors (Lipinski definition) is 7. The molecule has 0 aliphatic rings. The SMILES string of the molecule is COC(=O)CCSc1nc(N)nc2sc(C)cc12. The predicted molar refractivity (Wildman–Crippen MR) is 73.9 cm³/mol. The number of thiophene rings is 1. The molecule has 0 atom stereocenters. The number of ether oxygens (including phenoxy) is 1. The van der Waals surface area contributed by atoms with Crippen LogP contribution in [-0.2, 0) is 9.53 Å². The Morgan fingerprint density at radius 3 is 3.06 bits per heavy atom. The summed E-state index contributed by atoms with van der Waals surface area (Å²) in [6.07, 6.45) is 0.357. The molecule has 0 saturated carbocycles. The molecule has 2 rings (SSSR count). The molecule has 2 aromatic rings. The first-order chi connectivity index (χ1) is 8.60. The van der Waals surface area contributed by atoms with Crippen molar-refractivity contribution < 1.29 is 9.53 Å². The molecule has 0 aromatic carbocycles. The minimum Gasteiger partial charge on any atom is -0.469 e. The Labute approximate surface area is 113 Å². The minimum atomic E-state index is -0.220. The average Bonchev–Trinajstić information content (AvgIpc) is 2.69. The molecule has 2 heterocycles. The summed E-state index contributed by atoms with van der Waals surface area (Å²) in [4.78, 5) is 21.5. The van der Waals surface area contributed by atoms with E-state index in [4.69, 9.17) is 5.73 Å². The number of nitrogens with zero attached hydrogens (tertiary/aromatic N) is 2. The van der Waals surface area contributed by atoms with E-state index in [1.807, 2.05) is 13.0 Å². The van der Waals surface area contributed by atoms with Gasteiger partial charge in [0.1, 0.15) is 9.86 Å². The lowest BCUT2D eigenvalue weighted by Gasteiger charge is -2.02. The number of rotatable bonds is 4. The van der Waals surface area contributed by atoms with Crippen molar-refractivity contribution in [1.82, 2.24) is 9.97 Å². The zero-order chi connectivity index (χ0) is 13.1. The van der Waals surface area contributed by atoms with Gasteiger partial charge < -0.3 is 10.5 Å². The minimum absolute atomic E-state index is 0.220. The molecule has 0 aliphatic heterocycles. The van der Waals surface area contributed by atoms with Crippen LogP contribution in [0.4, 0.5) is 5.95 Å². The Kier molecular flexibility index (Phi) is 4.03. The molecule has 0 aliphatic carbocycles. The molecule has 0 unspecified atom stereocenters. The van der Waals surface area contributed by atoms with Gasteiger partial charge in [-0.15, -0.1) is 23.1 Å². The molecule has 2 aromatic heterocycles. The van der Waals surface area contributed by atoms with Crippen molar-refractivity contribution in [3.8, 4) is 0 Å². The van der Waals surface area contributed by atoms with E-state index < -0.39 is 0 Å². The van der Waals surface area contributed by atoms with Gasteiger partial charge in [0.25, 0.3) is 0 Å². The molecule has 0 spiro atoms. The van der Waals surface area contributed by atoms with E-state index in [1.165, 1.54) is 23.7 Å². The van der Waals surface area contributed by atoms with Gasteiger partial charge in [-0.1, -0.05) is 0 Å². The molecule has 7 heteroatoms. The number of aromatic nitrogens is 2. The lowest BCUT2D eigenvalue weighted by molar-refractivity contribution is -0.140. The van der Waals surface area contributed by atoms with Gasteiger partial charge in [0.15, 0.2) is 0 Å². The summed E-state index contributed by atoms with van der Waals surface area (Å²) in [7, 11) is 1.39. The van der Waals surface area contributed by atoms with Gasteiger partial charge in [-0.05, 0) is 13.0 Å². The second kappa shape index (κ2) is 5.53. The van der Waals surface area contributed by atoms with Crippen LogP contribution < -0.4 is 5.73 Å². The summed E-state index contributed by atoms with van der Waals surface area (Å²) in [5.74, 6) is 0.666. The third-order valence-corrected chi connectivity index (χ3v) is 4.21. The van der Waals surface area contributed by atoms with Crippen LogP contribution in [-0.4, -0.2) is 28.8 Å². The fourth-order valence-electron chi connectivity index (χ4n) is 1.47. The third-order valence-electron chi connectivity index (χ3n) is 2.27. The van der Waals surface area contributed by atoms with Crippen molar-refractivity contribution >= 4 is 45.2 Å². The van der Waals surface area contributed by atoms with E-state index >= 15 is 0 Å². The standard InChI is InChI=1S/C11H13N3O2S2/c1-6-5-7-9(17-4-3-8(15)16-2)13-11(12)14-10(7)18-6/h5H,3-4H2,1-2H3,(H2,12,13,14). The first-order valence-electron chi connectivity index (χ1n) is 5.33. The van der Waals surface area contributed by atoms with Crippen molar-refractivity contribution in [3.63, 3.8) is 0 Å². The molecule has 0 saturated heterocycles. The highest BCUT2D eigenvalue weighted by molar-refractivity contribution is 7.99. The van der Waals surface area contributed by atoms with E-state index in [1.54, 1.807) is 11.3 Å².